The van der Waals surface area contributed by atoms with E-state index >= 15 is 0 Å². The van der Waals surface area contributed by atoms with Crippen molar-refractivity contribution in [2.75, 3.05) is 9.80 Å². The van der Waals surface area contributed by atoms with Crippen molar-refractivity contribution in [2.45, 2.75) is 10.8 Å². The van der Waals surface area contributed by atoms with Gasteiger partial charge < -0.3 is 27.9 Å². The average Bonchev–Trinajstić information content (AvgIpc) is 1.49. The van der Waals surface area contributed by atoms with Crippen molar-refractivity contribution in [3.8, 4) is 117 Å². The lowest BCUT2D eigenvalue weighted by Gasteiger charge is -2.40. The molecule has 23 aromatic carbocycles. The number of furan rings is 1. The van der Waals surface area contributed by atoms with Gasteiger partial charge in [0.05, 0.1) is 66.7 Å². The van der Waals surface area contributed by atoms with E-state index in [0.717, 1.165) is 129 Å². The van der Waals surface area contributed by atoms with Gasteiger partial charge in [-0.3, -0.25) is 0 Å². The molecule has 0 bridgehead atoms. The molecular formula is C140H87N5O. The van der Waals surface area contributed by atoms with Crippen LogP contribution in [0.15, 0.2) is 532 Å². The van der Waals surface area contributed by atoms with Crippen LogP contribution in [0.5, 0.6) is 0 Å². The highest BCUT2D eigenvalue weighted by Crippen LogP contribution is 2.65. The fourth-order valence-corrected chi connectivity index (χ4v) is 26.0. The maximum absolute atomic E-state index is 7.21. The number of aromatic nitrogens is 3. The van der Waals surface area contributed by atoms with Crippen LogP contribution in [0.1, 0.15) is 44.5 Å². The molecule has 27 aromatic rings. The molecular weight excluding hydrogens is 1770 g/mol. The number of benzene rings is 23. The molecule has 6 heteroatoms. The standard InChI is InChI=1S/C140H87N5O/c1-4-29-88(30-5-1)90-57-61-93(62-58-90)104-35-14-22-53-127(104)141(100-72-65-92(66-73-100)96-69-78-131-116(83-96)112-42-17-24-55-129(112)143(131)99-33-8-3-9-34-99)102-77-81-134-126(87-102)140(121-49-20-12-39-109(121)110-40-13-21-50-122(110)140)124-52-28-45-114-117-84-97(70-79-132(117)145(134)137(114)124)98-71-82-135-118(85-98)115-46-26-43-106(138(115)146-135)95-67-74-101(75-68-95)142(128-54-23-15-36-105(128)94-63-59-91(60-64-94)89-31-6-2-7-32-89)103-76-80-133-125(86-103)139(119-47-18-10-37-107(119)108-38-11-19-48-120(108)139)123-51-27-44-113-111-41-16-25-56-130(111)144(133)136(113)123/h1-87H. The minimum atomic E-state index is -0.737. The highest BCUT2D eigenvalue weighted by atomic mass is 16.3. The largest absolute Gasteiger partial charge is 0.455 e. The molecule has 0 atom stereocenters. The van der Waals surface area contributed by atoms with E-state index in [9.17, 15) is 0 Å². The van der Waals surface area contributed by atoms with Crippen molar-refractivity contribution in [1.82, 2.24) is 13.7 Å². The second kappa shape index (κ2) is 31.7. The summed E-state index contributed by atoms with van der Waals surface area (Å²) in [6.07, 6.45) is 0. The van der Waals surface area contributed by atoms with E-state index in [0.29, 0.717) is 0 Å². The Morgan fingerprint density at radius 1 is 0.171 bits per heavy atom. The first-order valence-electron chi connectivity index (χ1n) is 50.6. The lowest BCUT2D eigenvalue weighted by atomic mass is 9.65. The van der Waals surface area contributed by atoms with Crippen molar-refractivity contribution in [2.24, 2.45) is 0 Å². The molecule has 6 nitrogen and oxygen atoms in total. The van der Waals surface area contributed by atoms with Gasteiger partial charge in [0.15, 0.2) is 0 Å². The van der Waals surface area contributed by atoms with Gasteiger partial charge in [-0.2, -0.15) is 0 Å². The monoisotopic (exact) mass is 1850 g/mol. The molecule has 2 aliphatic carbocycles. The number of para-hydroxylation sites is 8. The van der Waals surface area contributed by atoms with E-state index in [1.807, 2.05) is 0 Å². The molecule has 0 N–H and O–H groups in total. The maximum atomic E-state index is 7.21. The fourth-order valence-electron chi connectivity index (χ4n) is 26.0. The Bertz CT molecular complexity index is 10000. The second-order valence-electron chi connectivity index (χ2n) is 39.5. The Kier molecular flexibility index (Phi) is 17.7. The summed E-state index contributed by atoms with van der Waals surface area (Å²) in [6, 6.07) is 198. The third kappa shape index (κ3) is 11.7. The van der Waals surface area contributed by atoms with Crippen LogP contribution in [-0.4, -0.2) is 13.7 Å². The Balaban J connectivity index is 0.536. The number of hydrogen-bond acceptors (Lipinski definition) is 3. The lowest BCUT2D eigenvalue weighted by Crippen LogP contribution is -2.33. The highest BCUT2D eigenvalue weighted by molar-refractivity contribution is 6.18. The van der Waals surface area contributed by atoms with Crippen LogP contribution >= 0.6 is 0 Å². The Labute approximate surface area is 843 Å². The molecule has 4 aromatic heterocycles. The van der Waals surface area contributed by atoms with Crippen molar-refractivity contribution < 1.29 is 4.42 Å². The van der Waals surface area contributed by atoms with Crippen LogP contribution in [0.3, 0.4) is 0 Å². The van der Waals surface area contributed by atoms with Crippen molar-refractivity contribution in [1.29, 1.82) is 0 Å². The lowest BCUT2D eigenvalue weighted by molar-refractivity contribution is 0.670. The van der Waals surface area contributed by atoms with Crippen LogP contribution in [-0.2, 0) is 10.8 Å². The van der Waals surface area contributed by atoms with Gasteiger partial charge in [-0.15, -0.1) is 0 Å². The number of fused-ring (bicyclic) bond motifs is 30. The number of anilines is 6. The molecule has 6 heterocycles. The number of nitrogens with zero attached hydrogens (tertiary/aromatic N) is 5. The first-order valence-corrected chi connectivity index (χ1v) is 50.6. The zero-order valence-electron chi connectivity index (χ0n) is 79.4. The molecule has 0 fully saturated rings. The van der Waals surface area contributed by atoms with Crippen molar-refractivity contribution in [3.63, 3.8) is 0 Å². The molecule has 0 unspecified atom stereocenters. The van der Waals surface area contributed by atoms with Crippen LogP contribution in [0, 0.1) is 0 Å². The minimum Gasteiger partial charge on any atom is -0.455 e. The molecule has 146 heavy (non-hydrogen) atoms. The van der Waals surface area contributed by atoms with Gasteiger partial charge in [0.25, 0.3) is 0 Å². The molecule has 0 saturated heterocycles. The van der Waals surface area contributed by atoms with Crippen molar-refractivity contribution >= 4 is 121 Å². The first-order chi connectivity index (χ1) is 72.4. The Morgan fingerprint density at radius 3 is 0.986 bits per heavy atom. The molecule has 0 radical (unpaired) electrons. The van der Waals surface area contributed by atoms with E-state index in [-0.39, 0.29) is 0 Å². The predicted octanol–water partition coefficient (Wildman–Crippen LogP) is 36.8. The molecule has 0 saturated carbocycles. The Hall–Kier alpha value is -19.1. The van der Waals surface area contributed by atoms with Crippen LogP contribution in [0.2, 0.25) is 0 Å². The van der Waals surface area contributed by atoms with E-state index in [1.165, 1.54) is 155 Å². The van der Waals surface area contributed by atoms with Gasteiger partial charge in [0.1, 0.15) is 11.2 Å². The van der Waals surface area contributed by atoms with Crippen LogP contribution in [0.4, 0.5) is 34.1 Å². The summed E-state index contributed by atoms with van der Waals surface area (Å²) in [6.45, 7) is 0. The first kappa shape index (κ1) is 81.7. The van der Waals surface area contributed by atoms with Gasteiger partial charge in [0.2, 0.25) is 0 Å². The summed E-state index contributed by atoms with van der Waals surface area (Å²) >= 11 is 0. The van der Waals surface area contributed by atoms with Gasteiger partial charge in [-0.1, -0.05) is 394 Å². The van der Waals surface area contributed by atoms with E-state index in [2.05, 4.69) is 551 Å². The van der Waals surface area contributed by atoms with Crippen LogP contribution < -0.4 is 9.80 Å². The van der Waals surface area contributed by atoms with E-state index < -0.39 is 10.8 Å². The smallest absolute Gasteiger partial charge is 0.143 e. The van der Waals surface area contributed by atoms with Gasteiger partial charge in [-0.05, 0) is 261 Å². The highest BCUT2D eigenvalue weighted by Gasteiger charge is 2.53. The molecule has 0 amide bonds. The summed E-state index contributed by atoms with van der Waals surface area (Å²) in [5.74, 6) is 0. The zero-order chi connectivity index (χ0) is 95.6. The average molecular weight is 1860 g/mol. The van der Waals surface area contributed by atoms with E-state index in [1.54, 1.807) is 0 Å². The number of hydrogen-bond donors (Lipinski definition) is 0. The molecule has 2 spiro atoms. The molecule has 31 rings (SSSR count). The Morgan fingerprint density at radius 2 is 0.479 bits per heavy atom. The quantitative estimate of drug-likeness (QED) is 0.109. The third-order valence-electron chi connectivity index (χ3n) is 32.3. The minimum absolute atomic E-state index is 0.657. The van der Waals surface area contributed by atoms with Crippen LogP contribution in [0.25, 0.3) is 205 Å². The van der Waals surface area contributed by atoms with Gasteiger partial charge in [0, 0.05) is 88.2 Å². The topological polar surface area (TPSA) is 34.4 Å². The fraction of sp³-hybridized carbons (Fsp3) is 0.0143. The van der Waals surface area contributed by atoms with Crippen molar-refractivity contribution in [3.05, 3.63) is 572 Å². The summed E-state index contributed by atoms with van der Waals surface area (Å²) in [5.41, 5.74) is 48.2. The molecule has 2 aliphatic heterocycles. The summed E-state index contributed by atoms with van der Waals surface area (Å²) in [4.78, 5) is 5.01. The third-order valence-corrected chi connectivity index (χ3v) is 32.3. The molecule has 678 valence electrons. The van der Waals surface area contributed by atoms with Gasteiger partial charge >= 0.3 is 0 Å². The number of rotatable bonds is 14. The summed E-state index contributed by atoms with van der Waals surface area (Å²) in [5, 5.41) is 9.46. The summed E-state index contributed by atoms with van der Waals surface area (Å²) in [7, 11) is 0. The SMILES string of the molecule is c1ccc(-c2ccc(-c3ccccc3N(c3ccc(-c4cccc5c4oc4ccc(-c6ccc7c(c6)c6cccc8c6n7-c6ccc(N(c7ccc(-c9ccc%10c(c9)c9ccccc9n%10-c9ccccc9)cc7)c7ccccc7-c7ccc(-c9ccccc9)cc7)cc6C86c7ccccc7-c7ccccc76)cc45)cc3)c3ccc4c(c3)C3(c5ccccc5-c5ccccc53)c3cccc5c6ccccc6n-4c35)cc2)cc1. The summed E-state index contributed by atoms with van der Waals surface area (Å²) < 4.78 is 14.7. The maximum Gasteiger partial charge on any atom is 0.143 e. The predicted molar refractivity (Wildman–Crippen MR) is 606 cm³/mol. The molecule has 4 aliphatic rings. The second-order valence-corrected chi connectivity index (χ2v) is 39.5. The van der Waals surface area contributed by atoms with E-state index in [4.69, 9.17) is 4.42 Å². The normalized spacial score (nSPS) is 13.0. The van der Waals surface area contributed by atoms with Gasteiger partial charge in [-0.25, -0.2) is 0 Å². The zero-order valence-corrected chi connectivity index (χ0v) is 79.4.